The lowest BCUT2D eigenvalue weighted by Gasteiger charge is -2.19. The average molecular weight is 335 g/mol. The van der Waals surface area contributed by atoms with Gasteiger partial charge in [0, 0.05) is 30.6 Å². The van der Waals surface area contributed by atoms with Gasteiger partial charge >= 0.3 is 0 Å². The summed E-state index contributed by atoms with van der Waals surface area (Å²) in [5.74, 6) is 0.437. The molecule has 2 amide bonds. The van der Waals surface area contributed by atoms with E-state index in [2.05, 4.69) is 5.32 Å². The summed E-state index contributed by atoms with van der Waals surface area (Å²) in [6.07, 6.45) is 1.77. The largest absolute Gasteiger partial charge is 0.467 e. The summed E-state index contributed by atoms with van der Waals surface area (Å²) in [4.78, 5) is 25.3. The van der Waals surface area contributed by atoms with Gasteiger partial charge in [0.2, 0.25) is 11.8 Å². The van der Waals surface area contributed by atoms with Gasteiger partial charge in [0.25, 0.3) is 0 Å². The van der Waals surface area contributed by atoms with E-state index in [1.807, 2.05) is 6.92 Å². The Morgan fingerprint density at radius 3 is 2.70 bits per heavy atom. The molecule has 122 valence electrons. The van der Waals surface area contributed by atoms with E-state index in [1.54, 1.807) is 41.5 Å². The first-order chi connectivity index (χ1) is 11.0. The molecule has 2 rings (SSSR count). The lowest BCUT2D eigenvalue weighted by atomic mass is 10.2. The maximum atomic E-state index is 12.1. The number of rotatable bonds is 6. The lowest BCUT2D eigenvalue weighted by Crippen LogP contribution is -2.31. The van der Waals surface area contributed by atoms with Crippen LogP contribution in [0.2, 0.25) is 5.02 Å². The number of benzene rings is 1. The van der Waals surface area contributed by atoms with Crippen LogP contribution >= 0.6 is 11.6 Å². The van der Waals surface area contributed by atoms with Gasteiger partial charge in [-0.05, 0) is 42.8 Å². The number of carbonyl (C=O) groups excluding carboxylic acids is 2. The van der Waals surface area contributed by atoms with Crippen molar-refractivity contribution in [2.24, 2.45) is 0 Å². The van der Waals surface area contributed by atoms with Crippen molar-refractivity contribution in [3.63, 3.8) is 0 Å². The highest BCUT2D eigenvalue weighted by atomic mass is 35.5. The highest BCUT2D eigenvalue weighted by molar-refractivity contribution is 6.30. The van der Waals surface area contributed by atoms with E-state index in [1.165, 1.54) is 6.92 Å². The van der Waals surface area contributed by atoms with Crippen LogP contribution < -0.4 is 5.32 Å². The number of halogens is 1. The number of nitrogens with one attached hydrogen (secondary N) is 1. The molecule has 2 aromatic rings. The third kappa shape index (κ3) is 5.14. The molecule has 1 N–H and O–H groups in total. The molecule has 1 heterocycles. The third-order valence-corrected chi connectivity index (χ3v) is 3.68. The van der Waals surface area contributed by atoms with Gasteiger partial charge in [0.05, 0.1) is 12.8 Å². The van der Waals surface area contributed by atoms with Gasteiger partial charge in [-0.2, -0.15) is 0 Å². The summed E-state index contributed by atoms with van der Waals surface area (Å²) in [5.41, 5.74) is 1.62. The molecule has 0 bridgehead atoms. The smallest absolute Gasteiger partial charge is 0.226 e. The van der Waals surface area contributed by atoms with Crippen LogP contribution in [0.15, 0.2) is 41.0 Å². The van der Waals surface area contributed by atoms with E-state index in [0.717, 1.165) is 11.3 Å². The van der Waals surface area contributed by atoms with Crippen LogP contribution in [0.5, 0.6) is 0 Å². The Bertz CT molecular complexity index is 683. The van der Waals surface area contributed by atoms with Crippen LogP contribution in [0, 0.1) is 6.92 Å². The van der Waals surface area contributed by atoms with Crippen molar-refractivity contribution in [3.8, 4) is 0 Å². The molecule has 6 heteroatoms. The van der Waals surface area contributed by atoms with Crippen LogP contribution in [-0.2, 0) is 16.1 Å². The molecular weight excluding hydrogens is 316 g/mol. The molecule has 5 nitrogen and oxygen atoms in total. The molecule has 0 radical (unpaired) electrons. The third-order valence-electron chi connectivity index (χ3n) is 3.44. The standard InChI is InChI=1S/C17H19ClN2O3/c1-12-10-14(18)5-6-16(12)19-17(22)7-8-20(13(2)21)11-15-4-3-9-23-15/h3-6,9-10H,7-8,11H2,1-2H3,(H,19,22). The van der Waals surface area contributed by atoms with Crippen molar-refractivity contribution in [1.29, 1.82) is 0 Å². The summed E-state index contributed by atoms with van der Waals surface area (Å²) in [5, 5.41) is 3.46. The minimum Gasteiger partial charge on any atom is -0.467 e. The Labute approximate surface area is 140 Å². The molecule has 0 saturated heterocycles. The minimum absolute atomic E-state index is 0.100. The number of carbonyl (C=O) groups is 2. The Morgan fingerprint density at radius 1 is 1.30 bits per heavy atom. The molecule has 1 aromatic carbocycles. The van der Waals surface area contributed by atoms with E-state index < -0.39 is 0 Å². The van der Waals surface area contributed by atoms with E-state index in [4.69, 9.17) is 16.0 Å². The number of hydrogen-bond acceptors (Lipinski definition) is 3. The molecule has 0 aliphatic carbocycles. The molecule has 1 aromatic heterocycles. The molecule has 0 fully saturated rings. The first kappa shape index (κ1) is 17.1. The van der Waals surface area contributed by atoms with Crippen LogP contribution in [0.3, 0.4) is 0 Å². The van der Waals surface area contributed by atoms with Crippen molar-refractivity contribution in [2.75, 3.05) is 11.9 Å². The fourth-order valence-electron chi connectivity index (χ4n) is 2.16. The lowest BCUT2D eigenvalue weighted by molar-refractivity contribution is -0.130. The number of amides is 2. The number of furan rings is 1. The van der Waals surface area contributed by atoms with Gasteiger partial charge in [0.15, 0.2) is 0 Å². The quantitative estimate of drug-likeness (QED) is 0.877. The molecule has 0 spiro atoms. The van der Waals surface area contributed by atoms with E-state index in [9.17, 15) is 9.59 Å². The zero-order chi connectivity index (χ0) is 16.8. The van der Waals surface area contributed by atoms with Crippen LogP contribution in [0.4, 0.5) is 5.69 Å². The molecular formula is C17H19ClN2O3. The molecule has 0 aliphatic heterocycles. The van der Waals surface area contributed by atoms with Crippen molar-refractivity contribution in [1.82, 2.24) is 4.90 Å². The first-order valence-corrected chi connectivity index (χ1v) is 7.67. The second kappa shape index (κ2) is 7.83. The normalized spacial score (nSPS) is 10.4. The van der Waals surface area contributed by atoms with Gasteiger partial charge in [-0.1, -0.05) is 11.6 Å². The Balaban J connectivity index is 1.89. The number of anilines is 1. The molecule has 0 saturated carbocycles. The second-order valence-corrected chi connectivity index (χ2v) is 5.71. The van der Waals surface area contributed by atoms with Crippen molar-refractivity contribution in [2.45, 2.75) is 26.8 Å². The molecule has 0 unspecified atom stereocenters. The highest BCUT2D eigenvalue weighted by Gasteiger charge is 2.13. The van der Waals surface area contributed by atoms with Crippen LogP contribution in [0.1, 0.15) is 24.7 Å². The first-order valence-electron chi connectivity index (χ1n) is 7.29. The van der Waals surface area contributed by atoms with Crippen LogP contribution in [0.25, 0.3) is 0 Å². The minimum atomic E-state index is -0.152. The van der Waals surface area contributed by atoms with Gasteiger partial charge in [-0.3, -0.25) is 9.59 Å². The molecule has 23 heavy (non-hydrogen) atoms. The monoisotopic (exact) mass is 334 g/mol. The predicted molar refractivity (Wildman–Crippen MR) is 89.2 cm³/mol. The van der Waals surface area contributed by atoms with E-state index in [-0.39, 0.29) is 18.2 Å². The Hall–Kier alpha value is -2.27. The summed E-state index contributed by atoms with van der Waals surface area (Å²) >= 11 is 5.89. The average Bonchev–Trinajstić information content (AvgIpc) is 2.99. The summed E-state index contributed by atoms with van der Waals surface area (Å²) in [6.45, 7) is 4.04. The summed E-state index contributed by atoms with van der Waals surface area (Å²) in [6, 6.07) is 8.84. The maximum absolute atomic E-state index is 12.1. The number of nitrogens with zero attached hydrogens (tertiary/aromatic N) is 1. The fourth-order valence-corrected chi connectivity index (χ4v) is 2.38. The predicted octanol–water partition coefficient (Wildman–Crippen LogP) is 3.62. The van der Waals surface area contributed by atoms with Gasteiger partial charge < -0.3 is 14.6 Å². The number of aryl methyl sites for hydroxylation is 1. The molecule has 0 aliphatic rings. The van der Waals surface area contributed by atoms with Crippen molar-refractivity contribution in [3.05, 3.63) is 52.9 Å². The zero-order valence-electron chi connectivity index (χ0n) is 13.1. The van der Waals surface area contributed by atoms with Crippen molar-refractivity contribution < 1.29 is 14.0 Å². The zero-order valence-corrected chi connectivity index (χ0v) is 13.9. The highest BCUT2D eigenvalue weighted by Crippen LogP contribution is 2.19. The van der Waals surface area contributed by atoms with Gasteiger partial charge in [-0.25, -0.2) is 0 Å². The maximum Gasteiger partial charge on any atom is 0.226 e. The van der Waals surface area contributed by atoms with E-state index >= 15 is 0 Å². The van der Waals surface area contributed by atoms with Crippen LogP contribution in [-0.4, -0.2) is 23.3 Å². The summed E-state index contributed by atoms with van der Waals surface area (Å²) in [7, 11) is 0. The fraction of sp³-hybridized carbons (Fsp3) is 0.294. The van der Waals surface area contributed by atoms with E-state index in [0.29, 0.717) is 23.9 Å². The Kier molecular flexibility index (Phi) is 5.82. The van der Waals surface area contributed by atoms with Crippen molar-refractivity contribution >= 4 is 29.1 Å². The summed E-state index contributed by atoms with van der Waals surface area (Å²) < 4.78 is 5.24. The SMILES string of the molecule is CC(=O)N(CCC(=O)Nc1ccc(Cl)cc1C)Cc1ccco1. The second-order valence-electron chi connectivity index (χ2n) is 5.28. The van der Waals surface area contributed by atoms with Gasteiger partial charge in [-0.15, -0.1) is 0 Å². The topological polar surface area (TPSA) is 62.6 Å². The molecule has 0 atom stereocenters. The number of hydrogen-bond donors (Lipinski definition) is 1. The van der Waals surface area contributed by atoms with Gasteiger partial charge in [0.1, 0.15) is 5.76 Å². The Morgan fingerprint density at radius 2 is 2.09 bits per heavy atom.